The Bertz CT molecular complexity index is 905. The van der Waals surface area contributed by atoms with Crippen molar-refractivity contribution in [2.45, 2.75) is 27.3 Å². The van der Waals surface area contributed by atoms with Crippen LogP contribution >= 0.6 is 0 Å². The summed E-state index contributed by atoms with van der Waals surface area (Å²) in [6.07, 6.45) is 0. The van der Waals surface area contributed by atoms with Crippen molar-refractivity contribution in [1.82, 2.24) is 10.2 Å². The van der Waals surface area contributed by atoms with Crippen LogP contribution in [0.2, 0.25) is 0 Å². The van der Waals surface area contributed by atoms with Gasteiger partial charge in [-0.25, -0.2) is 4.79 Å². The number of imide groups is 1. The Balaban J connectivity index is 1.67. The van der Waals surface area contributed by atoms with Crippen LogP contribution in [-0.4, -0.2) is 29.3 Å². The first-order valence-electron chi connectivity index (χ1n) is 8.96. The number of anilines is 1. The van der Waals surface area contributed by atoms with E-state index < -0.39 is 0 Å². The van der Waals surface area contributed by atoms with Crippen molar-refractivity contribution in [3.8, 4) is 0 Å². The first-order chi connectivity index (χ1) is 12.9. The maximum absolute atomic E-state index is 12.5. The SMILES string of the molecule is Cc1ccccc1CNC(=O)Nc1ccc2c(c1)C(=O)N(CC(C)C)C2=O. The number of nitrogens with zero attached hydrogens (tertiary/aromatic N) is 1. The summed E-state index contributed by atoms with van der Waals surface area (Å²) in [6, 6.07) is 12.2. The molecule has 4 amide bonds. The molecule has 6 heteroatoms. The highest BCUT2D eigenvalue weighted by molar-refractivity contribution is 6.21. The lowest BCUT2D eigenvalue weighted by molar-refractivity contribution is 0.0636. The zero-order valence-electron chi connectivity index (χ0n) is 15.7. The van der Waals surface area contributed by atoms with Crippen molar-refractivity contribution in [2.75, 3.05) is 11.9 Å². The predicted molar refractivity (Wildman–Crippen MR) is 104 cm³/mol. The molecule has 0 unspecified atom stereocenters. The van der Waals surface area contributed by atoms with Gasteiger partial charge in [-0.05, 0) is 42.2 Å². The third-order valence-electron chi connectivity index (χ3n) is 4.48. The Morgan fingerprint density at radius 1 is 1.04 bits per heavy atom. The number of nitrogens with one attached hydrogen (secondary N) is 2. The molecule has 0 aliphatic carbocycles. The normalized spacial score (nSPS) is 13.1. The van der Waals surface area contributed by atoms with Gasteiger partial charge in [0, 0.05) is 18.8 Å². The van der Waals surface area contributed by atoms with Crippen LogP contribution in [0.4, 0.5) is 10.5 Å². The third kappa shape index (κ3) is 4.00. The minimum absolute atomic E-state index is 0.192. The van der Waals surface area contributed by atoms with Crippen molar-refractivity contribution < 1.29 is 14.4 Å². The van der Waals surface area contributed by atoms with E-state index in [1.54, 1.807) is 18.2 Å². The summed E-state index contributed by atoms with van der Waals surface area (Å²) in [5.74, 6) is -0.399. The van der Waals surface area contributed by atoms with E-state index in [4.69, 9.17) is 0 Å². The van der Waals surface area contributed by atoms with Crippen molar-refractivity contribution in [2.24, 2.45) is 5.92 Å². The topological polar surface area (TPSA) is 78.5 Å². The number of hydrogen-bond donors (Lipinski definition) is 2. The fourth-order valence-corrected chi connectivity index (χ4v) is 3.06. The molecule has 2 N–H and O–H groups in total. The minimum Gasteiger partial charge on any atom is -0.334 e. The maximum Gasteiger partial charge on any atom is 0.319 e. The number of amides is 4. The molecule has 0 bridgehead atoms. The minimum atomic E-state index is -0.367. The van der Waals surface area contributed by atoms with E-state index in [0.29, 0.717) is 29.9 Å². The van der Waals surface area contributed by atoms with Crippen LogP contribution in [0.5, 0.6) is 0 Å². The molecule has 1 heterocycles. The van der Waals surface area contributed by atoms with Gasteiger partial charge >= 0.3 is 6.03 Å². The smallest absolute Gasteiger partial charge is 0.319 e. The van der Waals surface area contributed by atoms with Crippen molar-refractivity contribution in [1.29, 1.82) is 0 Å². The average Bonchev–Trinajstić information content (AvgIpc) is 2.85. The third-order valence-corrected chi connectivity index (χ3v) is 4.48. The number of fused-ring (bicyclic) bond motifs is 1. The van der Waals surface area contributed by atoms with E-state index in [9.17, 15) is 14.4 Å². The monoisotopic (exact) mass is 365 g/mol. The molecule has 0 aromatic heterocycles. The number of rotatable bonds is 5. The van der Waals surface area contributed by atoms with Crippen LogP contribution in [0, 0.1) is 12.8 Å². The predicted octanol–water partition coefficient (Wildman–Crippen LogP) is 3.57. The maximum atomic E-state index is 12.5. The molecule has 3 rings (SSSR count). The Hall–Kier alpha value is -3.15. The highest BCUT2D eigenvalue weighted by atomic mass is 16.2. The quantitative estimate of drug-likeness (QED) is 0.795. The highest BCUT2D eigenvalue weighted by Gasteiger charge is 2.35. The number of benzene rings is 2. The molecule has 0 saturated carbocycles. The number of carbonyl (C=O) groups excluding carboxylic acids is 3. The first kappa shape index (κ1) is 18.6. The zero-order valence-corrected chi connectivity index (χ0v) is 15.7. The summed E-state index contributed by atoms with van der Waals surface area (Å²) in [4.78, 5) is 38.3. The van der Waals surface area contributed by atoms with Crippen molar-refractivity contribution in [3.63, 3.8) is 0 Å². The summed E-state index contributed by atoms with van der Waals surface area (Å²) in [5.41, 5.74) is 3.32. The van der Waals surface area contributed by atoms with Gasteiger partial charge in [0.15, 0.2) is 0 Å². The molecule has 1 aliphatic rings. The second kappa shape index (κ2) is 7.61. The van der Waals surface area contributed by atoms with Gasteiger partial charge in [-0.15, -0.1) is 0 Å². The molecular weight excluding hydrogens is 342 g/mol. The zero-order chi connectivity index (χ0) is 19.6. The molecule has 27 heavy (non-hydrogen) atoms. The summed E-state index contributed by atoms with van der Waals surface area (Å²) >= 11 is 0. The summed E-state index contributed by atoms with van der Waals surface area (Å²) in [7, 11) is 0. The van der Waals surface area contributed by atoms with E-state index in [-0.39, 0.29) is 23.8 Å². The first-order valence-corrected chi connectivity index (χ1v) is 8.96. The van der Waals surface area contributed by atoms with Gasteiger partial charge in [0.25, 0.3) is 11.8 Å². The molecule has 0 spiro atoms. The molecule has 2 aromatic carbocycles. The van der Waals surface area contributed by atoms with E-state index in [1.807, 2.05) is 45.0 Å². The van der Waals surface area contributed by atoms with E-state index in [2.05, 4.69) is 10.6 Å². The summed E-state index contributed by atoms with van der Waals surface area (Å²) in [5, 5.41) is 5.52. The number of aryl methyl sites for hydroxylation is 1. The molecule has 2 aromatic rings. The van der Waals surface area contributed by atoms with Gasteiger partial charge in [-0.1, -0.05) is 38.1 Å². The molecule has 0 atom stereocenters. The van der Waals surface area contributed by atoms with Crippen LogP contribution in [-0.2, 0) is 6.54 Å². The van der Waals surface area contributed by atoms with Gasteiger partial charge in [0.05, 0.1) is 11.1 Å². The second-order valence-corrected chi connectivity index (χ2v) is 7.11. The Kier molecular flexibility index (Phi) is 5.26. The Morgan fingerprint density at radius 2 is 1.74 bits per heavy atom. The largest absolute Gasteiger partial charge is 0.334 e. The average molecular weight is 365 g/mol. The van der Waals surface area contributed by atoms with E-state index in [0.717, 1.165) is 11.1 Å². The molecule has 140 valence electrons. The lowest BCUT2D eigenvalue weighted by Gasteiger charge is -2.15. The van der Waals surface area contributed by atoms with Crippen LogP contribution in [0.25, 0.3) is 0 Å². The van der Waals surface area contributed by atoms with E-state index in [1.165, 1.54) is 4.90 Å². The fourth-order valence-electron chi connectivity index (χ4n) is 3.06. The standard InChI is InChI=1S/C21H23N3O3/c1-13(2)12-24-19(25)17-9-8-16(10-18(17)20(24)26)23-21(27)22-11-15-7-5-4-6-14(15)3/h4-10,13H,11-12H2,1-3H3,(H2,22,23,27). The molecular formula is C21H23N3O3. The summed E-state index contributed by atoms with van der Waals surface area (Å²) < 4.78 is 0. The molecule has 0 saturated heterocycles. The van der Waals surface area contributed by atoms with Gasteiger partial charge in [0.1, 0.15) is 0 Å². The molecule has 6 nitrogen and oxygen atoms in total. The van der Waals surface area contributed by atoms with Gasteiger partial charge in [-0.3, -0.25) is 14.5 Å². The van der Waals surface area contributed by atoms with Crippen LogP contribution in [0.15, 0.2) is 42.5 Å². The lowest BCUT2D eigenvalue weighted by atomic mass is 10.1. The van der Waals surface area contributed by atoms with Gasteiger partial charge < -0.3 is 10.6 Å². The van der Waals surface area contributed by atoms with Crippen molar-refractivity contribution in [3.05, 3.63) is 64.7 Å². The molecule has 1 aliphatic heterocycles. The van der Waals surface area contributed by atoms with E-state index >= 15 is 0 Å². The summed E-state index contributed by atoms with van der Waals surface area (Å²) in [6.45, 7) is 6.68. The van der Waals surface area contributed by atoms with Crippen LogP contribution < -0.4 is 10.6 Å². The van der Waals surface area contributed by atoms with Crippen LogP contribution in [0.3, 0.4) is 0 Å². The number of urea groups is 1. The second-order valence-electron chi connectivity index (χ2n) is 7.11. The fraction of sp³-hybridized carbons (Fsp3) is 0.286. The van der Waals surface area contributed by atoms with Gasteiger partial charge in [-0.2, -0.15) is 0 Å². The molecule has 0 fully saturated rings. The van der Waals surface area contributed by atoms with Crippen molar-refractivity contribution >= 4 is 23.5 Å². The molecule has 0 radical (unpaired) electrons. The number of hydrogen-bond acceptors (Lipinski definition) is 3. The lowest BCUT2D eigenvalue weighted by Crippen LogP contribution is -2.33. The Labute approximate surface area is 158 Å². The van der Waals surface area contributed by atoms with Crippen LogP contribution in [0.1, 0.15) is 45.7 Å². The Morgan fingerprint density at radius 3 is 2.44 bits per heavy atom. The highest BCUT2D eigenvalue weighted by Crippen LogP contribution is 2.26. The van der Waals surface area contributed by atoms with Gasteiger partial charge in [0.2, 0.25) is 0 Å². The number of carbonyl (C=O) groups is 3.